The largest absolute Gasteiger partial charge is 0.0918 e. The number of rotatable bonds is 2. The molecule has 0 heterocycles. The molecule has 1 heteroatoms. The lowest BCUT2D eigenvalue weighted by molar-refractivity contribution is 0.200. The van der Waals surface area contributed by atoms with Gasteiger partial charge in [-0.3, -0.25) is 0 Å². The van der Waals surface area contributed by atoms with Crippen molar-refractivity contribution in [2.24, 2.45) is 5.92 Å². The highest BCUT2D eigenvalue weighted by molar-refractivity contribution is 9.09. The molecule has 0 N–H and O–H groups in total. The molecule has 0 radical (unpaired) electrons. The molecule has 0 bridgehead atoms. The summed E-state index contributed by atoms with van der Waals surface area (Å²) in [7, 11) is 0. The van der Waals surface area contributed by atoms with Crippen LogP contribution in [-0.4, -0.2) is 5.33 Å². The zero-order valence-electron chi connectivity index (χ0n) is 11.1. The summed E-state index contributed by atoms with van der Waals surface area (Å²) in [6, 6.07) is 9.22. The molecule has 0 amide bonds. The maximum Gasteiger partial charge on any atom is 0.0131 e. The summed E-state index contributed by atoms with van der Waals surface area (Å²) in [6.07, 6.45) is 11.3. The van der Waals surface area contributed by atoms with Crippen molar-refractivity contribution in [3.63, 3.8) is 0 Å². The SMILES string of the molecule is BrCC1(C2CCCCC2)CCCc2ccccc21. The maximum absolute atomic E-state index is 3.87. The Bertz CT molecular complexity index is 406. The molecular weight excluding hydrogens is 284 g/mol. The van der Waals surface area contributed by atoms with Gasteiger partial charge in [-0.05, 0) is 49.1 Å². The highest BCUT2D eigenvalue weighted by Gasteiger charge is 2.42. The van der Waals surface area contributed by atoms with Crippen LogP contribution < -0.4 is 0 Å². The van der Waals surface area contributed by atoms with Gasteiger partial charge in [-0.25, -0.2) is 0 Å². The normalized spacial score (nSPS) is 28.9. The Balaban J connectivity index is 2.01. The van der Waals surface area contributed by atoms with Crippen LogP contribution in [-0.2, 0) is 11.8 Å². The van der Waals surface area contributed by atoms with Gasteiger partial charge in [0.2, 0.25) is 0 Å². The molecule has 98 valence electrons. The standard InChI is InChI=1S/C17H23Br/c18-13-17(15-9-2-1-3-10-15)12-6-8-14-7-4-5-11-16(14)17/h4-5,7,11,15H,1-3,6,8-10,12-13H2. The first-order valence-electron chi connectivity index (χ1n) is 7.51. The minimum Gasteiger partial charge on any atom is -0.0918 e. The van der Waals surface area contributed by atoms with Crippen LogP contribution in [0.5, 0.6) is 0 Å². The molecule has 18 heavy (non-hydrogen) atoms. The van der Waals surface area contributed by atoms with Crippen LogP contribution >= 0.6 is 15.9 Å². The summed E-state index contributed by atoms with van der Waals surface area (Å²) < 4.78 is 0. The minimum atomic E-state index is 0.440. The Morgan fingerprint density at radius 2 is 1.83 bits per heavy atom. The molecule has 0 spiro atoms. The van der Waals surface area contributed by atoms with E-state index in [0.717, 1.165) is 11.2 Å². The Kier molecular flexibility index (Phi) is 3.79. The van der Waals surface area contributed by atoms with Gasteiger partial charge in [0.05, 0.1) is 0 Å². The Morgan fingerprint density at radius 1 is 1.06 bits per heavy atom. The van der Waals surface area contributed by atoms with Crippen molar-refractivity contribution in [1.82, 2.24) is 0 Å². The molecular formula is C17H23Br. The highest BCUT2D eigenvalue weighted by atomic mass is 79.9. The fourth-order valence-electron chi connectivity index (χ4n) is 4.28. The molecule has 2 aliphatic carbocycles. The lowest BCUT2D eigenvalue weighted by Crippen LogP contribution is -2.41. The van der Waals surface area contributed by atoms with E-state index in [9.17, 15) is 0 Å². The molecule has 0 saturated heterocycles. The Hall–Kier alpha value is -0.300. The van der Waals surface area contributed by atoms with E-state index in [1.54, 1.807) is 11.1 Å². The summed E-state index contributed by atoms with van der Waals surface area (Å²) in [4.78, 5) is 0. The summed E-state index contributed by atoms with van der Waals surface area (Å²) in [5.74, 6) is 0.909. The van der Waals surface area contributed by atoms with Gasteiger partial charge in [-0.1, -0.05) is 59.5 Å². The third-order valence-electron chi connectivity index (χ3n) is 5.25. The number of benzene rings is 1. The van der Waals surface area contributed by atoms with E-state index in [1.807, 2.05) is 0 Å². The van der Waals surface area contributed by atoms with E-state index >= 15 is 0 Å². The molecule has 0 aliphatic heterocycles. The first kappa shape index (κ1) is 12.7. The average Bonchev–Trinajstić information content (AvgIpc) is 2.47. The van der Waals surface area contributed by atoms with Gasteiger partial charge >= 0.3 is 0 Å². The van der Waals surface area contributed by atoms with E-state index in [1.165, 1.54) is 51.4 Å². The number of hydrogen-bond acceptors (Lipinski definition) is 0. The van der Waals surface area contributed by atoms with Gasteiger partial charge in [0, 0.05) is 10.7 Å². The number of fused-ring (bicyclic) bond motifs is 1. The van der Waals surface area contributed by atoms with Gasteiger partial charge in [-0.2, -0.15) is 0 Å². The Labute approximate surface area is 119 Å². The quantitative estimate of drug-likeness (QED) is 0.656. The van der Waals surface area contributed by atoms with Crippen LogP contribution in [0.4, 0.5) is 0 Å². The molecule has 1 fully saturated rings. The monoisotopic (exact) mass is 306 g/mol. The zero-order valence-corrected chi connectivity index (χ0v) is 12.7. The van der Waals surface area contributed by atoms with Crippen molar-refractivity contribution in [2.45, 2.75) is 56.8 Å². The molecule has 1 saturated carbocycles. The molecule has 1 aromatic rings. The van der Waals surface area contributed by atoms with Gasteiger partial charge in [0.25, 0.3) is 0 Å². The highest BCUT2D eigenvalue weighted by Crippen LogP contribution is 2.49. The second-order valence-electron chi connectivity index (χ2n) is 6.14. The van der Waals surface area contributed by atoms with Crippen molar-refractivity contribution < 1.29 is 0 Å². The molecule has 1 atom stereocenters. The maximum atomic E-state index is 3.87. The summed E-state index contributed by atoms with van der Waals surface area (Å²) in [6.45, 7) is 0. The van der Waals surface area contributed by atoms with E-state index in [-0.39, 0.29) is 0 Å². The summed E-state index contributed by atoms with van der Waals surface area (Å²) >= 11 is 3.87. The van der Waals surface area contributed by atoms with Crippen molar-refractivity contribution in [3.05, 3.63) is 35.4 Å². The lowest BCUT2D eigenvalue weighted by Gasteiger charge is -2.46. The van der Waals surface area contributed by atoms with Crippen LogP contribution in [0.2, 0.25) is 0 Å². The van der Waals surface area contributed by atoms with Gasteiger partial charge in [0.15, 0.2) is 0 Å². The molecule has 3 rings (SSSR count). The van der Waals surface area contributed by atoms with Crippen LogP contribution in [0, 0.1) is 5.92 Å². The van der Waals surface area contributed by atoms with Crippen molar-refractivity contribution in [2.75, 3.05) is 5.33 Å². The third kappa shape index (κ3) is 2.05. The third-order valence-corrected chi connectivity index (χ3v) is 6.25. The van der Waals surface area contributed by atoms with Crippen molar-refractivity contribution in [1.29, 1.82) is 0 Å². The number of alkyl halides is 1. The molecule has 1 aromatic carbocycles. The second kappa shape index (κ2) is 5.36. The van der Waals surface area contributed by atoms with Gasteiger partial charge in [0.1, 0.15) is 0 Å². The molecule has 2 aliphatic rings. The van der Waals surface area contributed by atoms with E-state index in [2.05, 4.69) is 40.2 Å². The first-order valence-corrected chi connectivity index (χ1v) is 8.63. The summed E-state index contributed by atoms with van der Waals surface area (Å²) in [5.41, 5.74) is 3.73. The predicted molar refractivity (Wildman–Crippen MR) is 81.4 cm³/mol. The Morgan fingerprint density at radius 3 is 2.61 bits per heavy atom. The number of hydrogen-bond donors (Lipinski definition) is 0. The second-order valence-corrected chi connectivity index (χ2v) is 6.70. The smallest absolute Gasteiger partial charge is 0.0131 e. The molecule has 1 unspecified atom stereocenters. The fraction of sp³-hybridized carbons (Fsp3) is 0.647. The zero-order chi connectivity index (χ0) is 12.4. The molecule has 0 aromatic heterocycles. The summed E-state index contributed by atoms with van der Waals surface area (Å²) in [5, 5.41) is 1.15. The lowest BCUT2D eigenvalue weighted by atomic mass is 9.60. The van der Waals surface area contributed by atoms with Crippen LogP contribution in [0.25, 0.3) is 0 Å². The van der Waals surface area contributed by atoms with E-state index in [0.29, 0.717) is 5.41 Å². The van der Waals surface area contributed by atoms with E-state index in [4.69, 9.17) is 0 Å². The first-order chi connectivity index (χ1) is 8.87. The minimum absolute atomic E-state index is 0.440. The number of aryl methyl sites for hydroxylation is 1. The number of halogens is 1. The van der Waals surface area contributed by atoms with Crippen molar-refractivity contribution >= 4 is 15.9 Å². The topological polar surface area (TPSA) is 0 Å². The fourth-order valence-corrected chi connectivity index (χ4v) is 5.32. The van der Waals surface area contributed by atoms with Crippen molar-refractivity contribution in [3.8, 4) is 0 Å². The molecule has 0 nitrogen and oxygen atoms in total. The van der Waals surface area contributed by atoms with Gasteiger partial charge in [-0.15, -0.1) is 0 Å². The van der Waals surface area contributed by atoms with Crippen LogP contribution in [0.15, 0.2) is 24.3 Å². The predicted octanol–water partition coefficient (Wildman–Crippen LogP) is 5.24. The van der Waals surface area contributed by atoms with Crippen LogP contribution in [0.3, 0.4) is 0 Å². The average molecular weight is 307 g/mol. The van der Waals surface area contributed by atoms with Crippen LogP contribution in [0.1, 0.15) is 56.1 Å². The van der Waals surface area contributed by atoms with E-state index < -0.39 is 0 Å². The van der Waals surface area contributed by atoms with Gasteiger partial charge < -0.3 is 0 Å².